The highest BCUT2D eigenvalue weighted by Crippen LogP contribution is 2.29. The molecule has 0 radical (unpaired) electrons. The Kier molecular flexibility index (Phi) is 3.05. The molecule has 0 heterocycles. The Morgan fingerprint density at radius 1 is 1.44 bits per heavy atom. The van der Waals surface area contributed by atoms with Crippen molar-refractivity contribution in [3.63, 3.8) is 0 Å². The van der Waals surface area contributed by atoms with E-state index >= 15 is 0 Å². The third-order valence-electron chi connectivity index (χ3n) is 2.58. The third kappa shape index (κ3) is 2.70. The van der Waals surface area contributed by atoms with Gasteiger partial charge < -0.3 is 15.7 Å². The number of nitrogens with one attached hydrogen (secondary N) is 2. The summed E-state index contributed by atoms with van der Waals surface area (Å²) in [6.45, 7) is 0.0987. The molecule has 2 atom stereocenters. The molecule has 0 bridgehead atoms. The van der Waals surface area contributed by atoms with Gasteiger partial charge in [-0.3, -0.25) is 0 Å². The number of hydrogen-bond donors (Lipinski definition) is 3. The van der Waals surface area contributed by atoms with E-state index < -0.39 is 0 Å². The van der Waals surface area contributed by atoms with Gasteiger partial charge in [-0.1, -0.05) is 0 Å². The zero-order valence-electron chi connectivity index (χ0n) is 8.61. The average Bonchev–Trinajstić information content (AvgIpc) is 3.00. The third-order valence-corrected chi connectivity index (χ3v) is 2.58. The first kappa shape index (κ1) is 10.9. The fourth-order valence-corrected chi connectivity index (χ4v) is 1.49. The molecule has 2 amide bonds. The van der Waals surface area contributed by atoms with Crippen LogP contribution in [0.15, 0.2) is 24.3 Å². The van der Waals surface area contributed by atoms with E-state index in [-0.39, 0.29) is 30.4 Å². The van der Waals surface area contributed by atoms with E-state index in [2.05, 4.69) is 10.6 Å². The zero-order chi connectivity index (χ0) is 11.5. The van der Waals surface area contributed by atoms with Gasteiger partial charge in [0.05, 0.1) is 0 Å². The number of carbonyl (C=O) groups excluding carboxylic acids is 1. The summed E-state index contributed by atoms with van der Waals surface area (Å²) in [5, 5.41) is 14.1. The molecule has 1 fully saturated rings. The minimum absolute atomic E-state index is 0.0606. The standard InChI is InChI=1S/C11H13FN2O2/c12-8-1-3-9(4-2-8)13-11(16)14-10-5-7(10)6-15/h1-4,7,10,15H,5-6H2,(H2,13,14,16)/t7-,10+/m0/s1. The summed E-state index contributed by atoms with van der Waals surface area (Å²) < 4.78 is 12.6. The molecular formula is C11H13FN2O2. The van der Waals surface area contributed by atoms with Crippen molar-refractivity contribution >= 4 is 11.7 Å². The molecule has 16 heavy (non-hydrogen) atoms. The molecule has 0 aliphatic heterocycles. The second-order valence-corrected chi connectivity index (χ2v) is 3.89. The van der Waals surface area contributed by atoms with Crippen LogP contribution in [-0.4, -0.2) is 23.8 Å². The number of urea groups is 1. The molecule has 0 unspecified atom stereocenters. The van der Waals surface area contributed by atoms with Gasteiger partial charge in [-0.25, -0.2) is 9.18 Å². The molecular weight excluding hydrogens is 211 g/mol. The minimum Gasteiger partial charge on any atom is -0.396 e. The Bertz CT molecular complexity index is 380. The second-order valence-electron chi connectivity index (χ2n) is 3.89. The Hall–Kier alpha value is -1.62. The van der Waals surface area contributed by atoms with Gasteiger partial charge in [0.1, 0.15) is 5.82 Å². The van der Waals surface area contributed by atoms with Crippen LogP contribution >= 0.6 is 0 Å². The van der Waals surface area contributed by atoms with Gasteiger partial charge in [0.25, 0.3) is 0 Å². The topological polar surface area (TPSA) is 61.4 Å². The highest BCUT2D eigenvalue weighted by molar-refractivity contribution is 5.89. The molecule has 3 N–H and O–H groups in total. The smallest absolute Gasteiger partial charge is 0.319 e. The number of halogens is 1. The van der Waals surface area contributed by atoms with Crippen molar-refractivity contribution in [1.29, 1.82) is 0 Å². The normalized spacial score (nSPS) is 22.6. The van der Waals surface area contributed by atoms with Gasteiger partial charge in [-0.05, 0) is 30.7 Å². The van der Waals surface area contributed by atoms with Crippen LogP contribution in [0.5, 0.6) is 0 Å². The first-order chi connectivity index (χ1) is 7.69. The van der Waals surface area contributed by atoms with Crippen LogP contribution in [-0.2, 0) is 0 Å². The van der Waals surface area contributed by atoms with Crippen LogP contribution in [0.4, 0.5) is 14.9 Å². The predicted octanol–water partition coefficient (Wildman–Crippen LogP) is 1.33. The van der Waals surface area contributed by atoms with Crippen LogP contribution in [0.1, 0.15) is 6.42 Å². The van der Waals surface area contributed by atoms with E-state index in [0.717, 1.165) is 6.42 Å². The van der Waals surface area contributed by atoms with Crippen LogP contribution in [0.2, 0.25) is 0 Å². The van der Waals surface area contributed by atoms with E-state index in [9.17, 15) is 9.18 Å². The average molecular weight is 224 g/mol. The summed E-state index contributed by atoms with van der Waals surface area (Å²) >= 11 is 0. The van der Waals surface area contributed by atoms with Gasteiger partial charge in [0.2, 0.25) is 0 Å². The molecule has 1 aliphatic carbocycles. The number of hydrogen-bond acceptors (Lipinski definition) is 2. The van der Waals surface area contributed by atoms with Crippen LogP contribution in [0, 0.1) is 11.7 Å². The quantitative estimate of drug-likeness (QED) is 0.725. The summed E-state index contributed by atoms with van der Waals surface area (Å²) in [7, 11) is 0. The summed E-state index contributed by atoms with van der Waals surface area (Å²) in [5.74, 6) is -0.160. The molecule has 1 aromatic carbocycles. The number of benzene rings is 1. The fourth-order valence-electron chi connectivity index (χ4n) is 1.49. The molecule has 1 aliphatic rings. The Morgan fingerprint density at radius 2 is 2.12 bits per heavy atom. The maximum absolute atomic E-state index is 12.6. The van der Waals surface area contributed by atoms with Gasteiger partial charge in [0, 0.05) is 24.3 Å². The maximum atomic E-state index is 12.6. The van der Waals surface area contributed by atoms with Crippen molar-refractivity contribution in [1.82, 2.24) is 5.32 Å². The summed E-state index contributed by atoms with van der Waals surface area (Å²) in [6.07, 6.45) is 0.813. The minimum atomic E-state index is -0.339. The molecule has 5 heteroatoms. The van der Waals surface area contributed by atoms with Crippen molar-refractivity contribution in [3.05, 3.63) is 30.1 Å². The molecule has 0 saturated heterocycles. The highest BCUT2D eigenvalue weighted by Gasteiger charge is 2.37. The number of aliphatic hydroxyl groups excluding tert-OH is 1. The maximum Gasteiger partial charge on any atom is 0.319 e. The highest BCUT2D eigenvalue weighted by atomic mass is 19.1. The SMILES string of the molecule is O=C(Nc1ccc(F)cc1)N[C@@H]1C[C@H]1CO. The van der Waals surface area contributed by atoms with Crippen molar-refractivity contribution < 1.29 is 14.3 Å². The lowest BCUT2D eigenvalue weighted by Crippen LogP contribution is -2.31. The molecule has 0 spiro atoms. The van der Waals surface area contributed by atoms with Crippen molar-refractivity contribution in [2.24, 2.45) is 5.92 Å². The van der Waals surface area contributed by atoms with E-state index in [4.69, 9.17) is 5.11 Å². The lowest BCUT2D eigenvalue weighted by atomic mass is 10.3. The van der Waals surface area contributed by atoms with Gasteiger partial charge in [0.15, 0.2) is 0 Å². The Morgan fingerprint density at radius 3 is 2.69 bits per heavy atom. The Balaban J connectivity index is 1.81. The monoisotopic (exact) mass is 224 g/mol. The van der Waals surface area contributed by atoms with Gasteiger partial charge in [-0.2, -0.15) is 0 Å². The van der Waals surface area contributed by atoms with E-state index in [1.165, 1.54) is 24.3 Å². The second kappa shape index (κ2) is 4.49. The molecule has 1 aromatic rings. The summed E-state index contributed by atoms with van der Waals surface area (Å²) in [6, 6.07) is 5.28. The number of rotatable bonds is 3. The first-order valence-electron chi connectivity index (χ1n) is 5.13. The predicted molar refractivity (Wildman–Crippen MR) is 57.5 cm³/mol. The number of aliphatic hydroxyl groups is 1. The number of anilines is 1. The lowest BCUT2D eigenvalue weighted by molar-refractivity contribution is 0.247. The summed E-state index contributed by atoms with van der Waals surface area (Å²) in [5.41, 5.74) is 0.542. The van der Waals surface area contributed by atoms with E-state index in [0.29, 0.717) is 5.69 Å². The van der Waals surface area contributed by atoms with Gasteiger partial charge in [-0.15, -0.1) is 0 Å². The Labute approximate surface area is 92.5 Å². The molecule has 4 nitrogen and oxygen atoms in total. The van der Waals surface area contributed by atoms with E-state index in [1.54, 1.807) is 0 Å². The first-order valence-corrected chi connectivity index (χ1v) is 5.13. The van der Waals surface area contributed by atoms with Crippen molar-refractivity contribution in [3.8, 4) is 0 Å². The van der Waals surface area contributed by atoms with Gasteiger partial charge >= 0.3 is 6.03 Å². The summed E-state index contributed by atoms with van der Waals surface area (Å²) in [4.78, 5) is 11.4. The molecule has 86 valence electrons. The van der Waals surface area contributed by atoms with Crippen LogP contribution in [0.25, 0.3) is 0 Å². The lowest BCUT2D eigenvalue weighted by Gasteiger charge is -2.06. The molecule has 2 rings (SSSR count). The fraction of sp³-hybridized carbons (Fsp3) is 0.364. The van der Waals surface area contributed by atoms with Crippen molar-refractivity contribution in [2.45, 2.75) is 12.5 Å². The van der Waals surface area contributed by atoms with Crippen LogP contribution < -0.4 is 10.6 Å². The number of carbonyl (C=O) groups is 1. The largest absolute Gasteiger partial charge is 0.396 e. The zero-order valence-corrected chi connectivity index (χ0v) is 8.61. The number of amides is 2. The molecule has 1 saturated carbocycles. The van der Waals surface area contributed by atoms with Crippen molar-refractivity contribution in [2.75, 3.05) is 11.9 Å². The van der Waals surface area contributed by atoms with E-state index in [1.807, 2.05) is 0 Å². The van der Waals surface area contributed by atoms with Crippen LogP contribution in [0.3, 0.4) is 0 Å². The molecule has 0 aromatic heterocycles.